The molecule has 3 aromatic rings. The maximum absolute atomic E-state index is 4.60. The molecule has 1 aromatic carbocycles. The van der Waals surface area contributed by atoms with Crippen molar-refractivity contribution in [2.45, 2.75) is 47.2 Å². The third-order valence-electron chi connectivity index (χ3n) is 4.57. The molecular weight excluding hydrogens is 282 g/mol. The van der Waals surface area contributed by atoms with Crippen LogP contribution in [0.15, 0.2) is 36.5 Å². The normalized spacial score (nSPS) is 11.1. The number of nitrogens with one attached hydrogen (secondary N) is 1. The van der Waals surface area contributed by atoms with Crippen LogP contribution in [0.1, 0.15) is 35.7 Å². The molecule has 2 heterocycles. The van der Waals surface area contributed by atoms with Gasteiger partial charge in [-0.05, 0) is 44.4 Å². The fourth-order valence-corrected chi connectivity index (χ4v) is 3.12. The second-order valence-electron chi connectivity index (χ2n) is 6.26. The van der Waals surface area contributed by atoms with Gasteiger partial charge in [0, 0.05) is 30.4 Å². The molecule has 0 aliphatic rings. The first-order valence-corrected chi connectivity index (χ1v) is 8.35. The van der Waals surface area contributed by atoms with Gasteiger partial charge in [-0.3, -0.25) is 0 Å². The van der Waals surface area contributed by atoms with E-state index in [-0.39, 0.29) is 0 Å². The number of benzene rings is 1. The Morgan fingerprint density at radius 1 is 1.04 bits per heavy atom. The van der Waals surface area contributed by atoms with Crippen molar-refractivity contribution in [3.05, 3.63) is 58.9 Å². The molecule has 0 saturated heterocycles. The number of fused-ring (bicyclic) bond motifs is 1. The summed E-state index contributed by atoms with van der Waals surface area (Å²) in [6, 6.07) is 10.8. The smallest absolute Gasteiger partial charge is 0.150 e. The molecule has 0 aliphatic carbocycles. The van der Waals surface area contributed by atoms with E-state index in [0.29, 0.717) is 0 Å². The molecule has 0 bridgehead atoms. The van der Waals surface area contributed by atoms with Crippen molar-refractivity contribution in [1.82, 2.24) is 9.55 Å². The number of hydrogen-bond acceptors (Lipinski definition) is 2. The van der Waals surface area contributed by atoms with Gasteiger partial charge in [-0.2, -0.15) is 0 Å². The number of anilines is 1. The molecule has 0 amide bonds. The van der Waals surface area contributed by atoms with Crippen LogP contribution in [-0.2, 0) is 13.1 Å². The number of aromatic nitrogens is 2. The van der Waals surface area contributed by atoms with Crippen molar-refractivity contribution >= 4 is 16.7 Å². The minimum absolute atomic E-state index is 0.793. The zero-order valence-electron chi connectivity index (χ0n) is 14.5. The maximum atomic E-state index is 4.60. The van der Waals surface area contributed by atoms with Gasteiger partial charge in [-0.15, -0.1) is 0 Å². The molecule has 120 valence electrons. The first-order chi connectivity index (χ1) is 11.1. The molecule has 0 unspecified atom stereocenters. The van der Waals surface area contributed by atoms with Crippen LogP contribution in [0.3, 0.4) is 0 Å². The third-order valence-corrected chi connectivity index (χ3v) is 4.57. The molecule has 3 nitrogen and oxygen atoms in total. The van der Waals surface area contributed by atoms with Crippen molar-refractivity contribution in [2.75, 3.05) is 5.32 Å². The van der Waals surface area contributed by atoms with Crippen LogP contribution in [0.25, 0.3) is 10.9 Å². The van der Waals surface area contributed by atoms with Crippen molar-refractivity contribution in [1.29, 1.82) is 0 Å². The number of nitrogens with zero attached hydrogens (tertiary/aromatic N) is 2. The van der Waals surface area contributed by atoms with Gasteiger partial charge in [0.1, 0.15) is 0 Å². The van der Waals surface area contributed by atoms with E-state index in [1.165, 1.54) is 33.3 Å². The van der Waals surface area contributed by atoms with Gasteiger partial charge in [0.05, 0.1) is 5.52 Å². The van der Waals surface area contributed by atoms with Crippen LogP contribution in [-0.4, -0.2) is 9.55 Å². The predicted octanol–water partition coefficient (Wildman–Crippen LogP) is 4.98. The Kier molecular flexibility index (Phi) is 4.37. The van der Waals surface area contributed by atoms with Crippen molar-refractivity contribution in [3.63, 3.8) is 0 Å². The summed E-state index contributed by atoms with van der Waals surface area (Å²) in [7, 11) is 0. The van der Waals surface area contributed by atoms with Crippen LogP contribution < -0.4 is 5.32 Å². The summed E-state index contributed by atoms with van der Waals surface area (Å²) in [5.41, 5.74) is 6.49. The summed E-state index contributed by atoms with van der Waals surface area (Å²) in [6.45, 7) is 10.6. The highest BCUT2D eigenvalue weighted by molar-refractivity contribution is 5.93. The Morgan fingerprint density at radius 3 is 2.48 bits per heavy atom. The topological polar surface area (TPSA) is 29.9 Å². The predicted molar refractivity (Wildman–Crippen MR) is 98.0 cm³/mol. The molecule has 0 atom stereocenters. The second kappa shape index (κ2) is 6.45. The molecule has 0 saturated carbocycles. The van der Waals surface area contributed by atoms with E-state index < -0.39 is 0 Å². The van der Waals surface area contributed by atoms with E-state index in [9.17, 15) is 0 Å². The number of rotatable bonds is 5. The van der Waals surface area contributed by atoms with E-state index >= 15 is 0 Å². The highest BCUT2D eigenvalue weighted by atomic mass is 15.1. The van der Waals surface area contributed by atoms with Crippen molar-refractivity contribution < 1.29 is 0 Å². The Hall–Kier alpha value is -2.29. The average molecular weight is 307 g/mol. The summed E-state index contributed by atoms with van der Waals surface area (Å²) in [5, 5.41) is 4.83. The van der Waals surface area contributed by atoms with Crippen LogP contribution >= 0.6 is 0 Å². The zero-order chi connectivity index (χ0) is 16.4. The maximum Gasteiger partial charge on any atom is 0.150 e. The zero-order valence-corrected chi connectivity index (χ0v) is 14.5. The number of hydrogen-bond donors (Lipinski definition) is 1. The highest BCUT2D eigenvalue weighted by Crippen LogP contribution is 2.30. The fraction of sp³-hybridized carbons (Fsp3) is 0.350. The minimum Gasteiger partial charge on any atom is -0.364 e. The van der Waals surface area contributed by atoms with Gasteiger partial charge >= 0.3 is 0 Å². The molecule has 2 aromatic heterocycles. The highest BCUT2D eigenvalue weighted by Gasteiger charge is 2.14. The van der Waals surface area contributed by atoms with Gasteiger partial charge in [-0.25, -0.2) is 4.98 Å². The summed E-state index contributed by atoms with van der Waals surface area (Å²) >= 11 is 0. The van der Waals surface area contributed by atoms with E-state index in [2.05, 4.69) is 72.9 Å². The molecule has 0 fully saturated rings. The van der Waals surface area contributed by atoms with E-state index in [0.717, 1.165) is 25.3 Å². The largest absolute Gasteiger partial charge is 0.364 e. The Morgan fingerprint density at radius 2 is 1.78 bits per heavy atom. The first kappa shape index (κ1) is 15.6. The van der Waals surface area contributed by atoms with Gasteiger partial charge in [0.2, 0.25) is 0 Å². The fourth-order valence-electron chi connectivity index (χ4n) is 3.12. The third kappa shape index (κ3) is 2.96. The van der Waals surface area contributed by atoms with Crippen molar-refractivity contribution in [3.8, 4) is 0 Å². The molecule has 0 aliphatic heterocycles. The Bertz CT molecular complexity index is 813. The number of pyridine rings is 1. The lowest BCUT2D eigenvalue weighted by Gasteiger charge is -2.12. The first-order valence-electron chi connectivity index (χ1n) is 8.35. The van der Waals surface area contributed by atoms with Crippen molar-refractivity contribution in [2.24, 2.45) is 0 Å². The van der Waals surface area contributed by atoms with Crippen LogP contribution in [0.2, 0.25) is 0 Å². The van der Waals surface area contributed by atoms with Crippen LogP contribution in [0, 0.1) is 20.8 Å². The molecule has 3 rings (SSSR count). The molecular formula is C20H25N3. The molecule has 3 heteroatoms. The SMILES string of the molecule is CCCn1c(C)c(C)c2ccnc(NCc3ccc(C)cc3)c21. The van der Waals surface area contributed by atoms with Gasteiger partial charge in [0.25, 0.3) is 0 Å². The molecule has 23 heavy (non-hydrogen) atoms. The summed E-state index contributed by atoms with van der Waals surface area (Å²) in [4.78, 5) is 4.60. The quantitative estimate of drug-likeness (QED) is 0.720. The van der Waals surface area contributed by atoms with Crippen LogP contribution in [0.4, 0.5) is 5.82 Å². The standard InChI is InChI=1S/C20H25N3/c1-5-12-23-16(4)15(3)18-10-11-21-20(19(18)23)22-13-17-8-6-14(2)7-9-17/h6-11H,5,12-13H2,1-4H3,(H,21,22). The van der Waals surface area contributed by atoms with Gasteiger partial charge in [-0.1, -0.05) is 36.8 Å². The van der Waals surface area contributed by atoms with E-state index in [1.54, 1.807) is 0 Å². The Balaban J connectivity index is 1.97. The molecule has 1 N–H and O–H groups in total. The summed E-state index contributed by atoms with van der Waals surface area (Å²) in [5.74, 6) is 0.979. The lowest BCUT2D eigenvalue weighted by Crippen LogP contribution is -2.06. The van der Waals surface area contributed by atoms with Crippen LogP contribution in [0.5, 0.6) is 0 Å². The lowest BCUT2D eigenvalue weighted by molar-refractivity contribution is 0.683. The summed E-state index contributed by atoms with van der Waals surface area (Å²) in [6.07, 6.45) is 3.03. The van der Waals surface area contributed by atoms with E-state index in [1.807, 2.05) is 6.20 Å². The Labute approximate surface area is 138 Å². The molecule has 0 spiro atoms. The van der Waals surface area contributed by atoms with E-state index in [4.69, 9.17) is 0 Å². The van der Waals surface area contributed by atoms with Gasteiger partial charge in [0.15, 0.2) is 5.82 Å². The lowest BCUT2D eigenvalue weighted by atomic mass is 10.1. The minimum atomic E-state index is 0.793. The second-order valence-corrected chi connectivity index (χ2v) is 6.26. The number of aryl methyl sites for hydroxylation is 3. The average Bonchev–Trinajstić information content (AvgIpc) is 2.80. The summed E-state index contributed by atoms with van der Waals surface area (Å²) < 4.78 is 2.40. The monoisotopic (exact) mass is 307 g/mol. The van der Waals surface area contributed by atoms with Gasteiger partial charge < -0.3 is 9.88 Å². The molecule has 0 radical (unpaired) electrons.